The number of carbonyl (C=O) groups is 1. The van der Waals surface area contributed by atoms with Gasteiger partial charge in [0.2, 0.25) is 5.91 Å². The molecule has 2 rings (SSSR count). The number of nitrogens with one attached hydrogen (secondary N) is 1. The van der Waals surface area contributed by atoms with Gasteiger partial charge in [-0.15, -0.1) is 0 Å². The molecule has 0 aromatic heterocycles. The molecule has 1 aliphatic carbocycles. The first-order chi connectivity index (χ1) is 6.69. The van der Waals surface area contributed by atoms with Gasteiger partial charge in [0.05, 0.1) is 5.41 Å². The lowest BCUT2D eigenvalue weighted by Crippen LogP contribution is -2.31. The molecular weight excluding hydrogens is 181 g/mol. The van der Waals surface area contributed by atoms with Crippen LogP contribution in [0.4, 0.5) is 4.39 Å². The van der Waals surface area contributed by atoms with Crippen LogP contribution in [0.1, 0.15) is 18.4 Å². The zero-order valence-electron chi connectivity index (χ0n) is 8.01. The summed E-state index contributed by atoms with van der Waals surface area (Å²) in [5.41, 5.74) is 0.341. The van der Waals surface area contributed by atoms with Crippen LogP contribution in [0.25, 0.3) is 0 Å². The number of hydrogen-bond donors (Lipinski definition) is 1. The Balaban J connectivity index is 2.35. The van der Waals surface area contributed by atoms with Crippen LogP contribution < -0.4 is 5.32 Å². The van der Waals surface area contributed by atoms with Crippen molar-refractivity contribution in [2.45, 2.75) is 18.3 Å². The Bertz CT molecular complexity index is 371. The highest BCUT2D eigenvalue weighted by atomic mass is 19.1. The topological polar surface area (TPSA) is 29.1 Å². The highest BCUT2D eigenvalue weighted by Gasteiger charge is 2.50. The molecule has 14 heavy (non-hydrogen) atoms. The molecule has 1 N–H and O–H groups in total. The molecule has 74 valence electrons. The number of likely N-dealkylation sites (N-methyl/N-ethyl adjacent to an activating group) is 1. The van der Waals surface area contributed by atoms with Gasteiger partial charge in [-0.2, -0.15) is 0 Å². The molecule has 0 saturated heterocycles. The van der Waals surface area contributed by atoms with Crippen molar-refractivity contribution in [1.82, 2.24) is 5.32 Å². The average molecular weight is 193 g/mol. The molecule has 2 nitrogen and oxygen atoms in total. The van der Waals surface area contributed by atoms with E-state index in [0.717, 1.165) is 18.4 Å². The number of carbonyl (C=O) groups excluding carboxylic acids is 1. The van der Waals surface area contributed by atoms with Gasteiger partial charge in [-0.05, 0) is 30.5 Å². The summed E-state index contributed by atoms with van der Waals surface area (Å²) in [5.74, 6) is -0.291. The van der Waals surface area contributed by atoms with Gasteiger partial charge < -0.3 is 5.32 Å². The van der Waals surface area contributed by atoms with E-state index in [9.17, 15) is 9.18 Å². The molecule has 0 aliphatic heterocycles. The van der Waals surface area contributed by atoms with Crippen molar-refractivity contribution in [2.75, 3.05) is 7.05 Å². The van der Waals surface area contributed by atoms with Crippen LogP contribution in [0.3, 0.4) is 0 Å². The summed E-state index contributed by atoms with van der Waals surface area (Å²) in [7, 11) is 1.61. The van der Waals surface area contributed by atoms with E-state index in [4.69, 9.17) is 0 Å². The number of hydrogen-bond acceptors (Lipinski definition) is 1. The second kappa shape index (κ2) is 3.08. The molecule has 0 atom stereocenters. The fraction of sp³-hybridized carbons (Fsp3) is 0.364. The third kappa shape index (κ3) is 1.29. The van der Waals surface area contributed by atoms with Crippen molar-refractivity contribution in [3.05, 3.63) is 35.6 Å². The van der Waals surface area contributed by atoms with Crippen LogP contribution in [0.2, 0.25) is 0 Å². The second-order valence-electron chi connectivity index (χ2n) is 3.67. The third-order valence-electron chi connectivity index (χ3n) is 2.79. The van der Waals surface area contributed by atoms with Gasteiger partial charge in [0.25, 0.3) is 0 Å². The first kappa shape index (κ1) is 9.19. The van der Waals surface area contributed by atoms with Gasteiger partial charge >= 0.3 is 0 Å². The van der Waals surface area contributed by atoms with Crippen LogP contribution in [-0.2, 0) is 10.2 Å². The zero-order valence-corrected chi connectivity index (χ0v) is 8.01. The predicted octanol–water partition coefficient (Wildman–Crippen LogP) is 1.60. The maximum atomic E-state index is 13.0. The third-order valence-corrected chi connectivity index (χ3v) is 2.79. The van der Waals surface area contributed by atoms with Crippen molar-refractivity contribution in [3.63, 3.8) is 0 Å². The Kier molecular flexibility index (Phi) is 2.02. The van der Waals surface area contributed by atoms with Crippen molar-refractivity contribution in [2.24, 2.45) is 0 Å². The molecule has 0 heterocycles. The summed E-state index contributed by atoms with van der Waals surface area (Å²) in [6.07, 6.45) is 1.63. The summed E-state index contributed by atoms with van der Waals surface area (Å²) < 4.78 is 13.0. The van der Waals surface area contributed by atoms with Gasteiger partial charge in [0, 0.05) is 7.05 Å². The monoisotopic (exact) mass is 193 g/mol. The Hall–Kier alpha value is -1.38. The summed E-state index contributed by atoms with van der Waals surface area (Å²) >= 11 is 0. The van der Waals surface area contributed by atoms with E-state index in [1.165, 1.54) is 12.1 Å². The fourth-order valence-corrected chi connectivity index (χ4v) is 1.80. The summed E-state index contributed by atoms with van der Waals surface area (Å²) in [6.45, 7) is 0. The molecule has 0 radical (unpaired) electrons. The Morgan fingerprint density at radius 2 is 2.21 bits per heavy atom. The Morgan fingerprint density at radius 3 is 2.71 bits per heavy atom. The van der Waals surface area contributed by atoms with Gasteiger partial charge in [0.1, 0.15) is 5.82 Å². The highest BCUT2D eigenvalue weighted by Crippen LogP contribution is 2.48. The van der Waals surface area contributed by atoms with E-state index in [1.54, 1.807) is 13.1 Å². The molecular formula is C11H12FNO. The molecule has 1 fully saturated rings. The maximum Gasteiger partial charge on any atom is 0.230 e. The lowest BCUT2D eigenvalue weighted by Gasteiger charge is -2.13. The quantitative estimate of drug-likeness (QED) is 0.759. The average Bonchev–Trinajstić information content (AvgIpc) is 2.97. The number of amides is 1. The number of halogens is 1. The summed E-state index contributed by atoms with van der Waals surface area (Å²) in [4.78, 5) is 11.6. The Morgan fingerprint density at radius 1 is 1.50 bits per heavy atom. The molecule has 1 aromatic carbocycles. The van der Waals surface area contributed by atoms with E-state index >= 15 is 0 Å². The molecule has 0 spiro atoms. The molecule has 1 aliphatic rings. The van der Waals surface area contributed by atoms with E-state index in [0.29, 0.717) is 0 Å². The van der Waals surface area contributed by atoms with Crippen molar-refractivity contribution < 1.29 is 9.18 Å². The minimum Gasteiger partial charge on any atom is -0.358 e. The highest BCUT2D eigenvalue weighted by molar-refractivity contribution is 5.91. The maximum absolute atomic E-state index is 13.0. The normalized spacial score (nSPS) is 17.6. The molecule has 0 bridgehead atoms. The van der Waals surface area contributed by atoms with Crippen LogP contribution >= 0.6 is 0 Å². The fourth-order valence-electron chi connectivity index (χ4n) is 1.80. The molecule has 1 saturated carbocycles. The molecule has 1 amide bonds. The van der Waals surface area contributed by atoms with Crippen LogP contribution in [-0.4, -0.2) is 13.0 Å². The van der Waals surface area contributed by atoms with Gasteiger partial charge in [0.15, 0.2) is 0 Å². The van der Waals surface area contributed by atoms with Crippen LogP contribution in [0, 0.1) is 5.82 Å². The van der Waals surface area contributed by atoms with Crippen LogP contribution in [0.5, 0.6) is 0 Å². The predicted molar refractivity (Wildman–Crippen MR) is 51.4 cm³/mol. The first-order valence-corrected chi connectivity index (χ1v) is 4.67. The second-order valence-corrected chi connectivity index (χ2v) is 3.67. The van der Waals surface area contributed by atoms with E-state index in [1.807, 2.05) is 6.07 Å². The minimum atomic E-state index is -0.448. The van der Waals surface area contributed by atoms with E-state index in [-0.39, 0.29) is 11.7 Å². The summed E-state index contributed by atoms with van der Waals surface area (Å²) in [5, 5.41) is 2.62. The summed E-state index contributed by atoms with van der Waals surface area (Å²) in [6, 6.07) is 6.30. The minimum absolute atomic E-state index is 0.0110. The number of benzene rings is 1. The van der Waals surface area contributed by atoms with Gasteiger partial charge in [-0.1, -0.05) is 12.1 Å². The SMILES string of the molecule is CNC(=O)C1(c2cccc(F)c2)CC1. The van der Waals surface area contributed by atoms with Crippen molar-refractivity contribution >= 4 is 5.91 Å². The lowest BCUT2D eigenvalue weighted by molar-refractivity contribution is -0.123. The lowest BCUT2D eigenvalue weighted by atomic mass is 9.95. The molecule has 1 aromatic rings. The molecule has 3 heteroatoms. The Labute approximate surface area is 82.1 Å². The molecule has 0 unspecified atom stereocenters. The van der Waals surface area contributed by atoms with Gasteiger partial charge in [-0.3, -0.25) is 4.79 Å². The zero-order chi connectivity index (χ0) is 10.2. The standard InChI is InChI=1S/C11H12FNO/c1-13-10(14)11(5-6-11)8-3-2-4-9(12)7-8/h2-4,7H,5-6H2,1H3,(H,13,14). The van der Waals surface area contributed by atoms with Gasteiger partial charge in [-0.25, -0.2) is 4.39 Å². The van der Waals surface area contributed by atoms with Crippen molar-refractivity contribution in [1.29, 1.82) is 0 Å². The van der Waals surface area contributed by atoms with Crippen LogP contribution in [0.15, 0.2) is 24.3 Å². The first-order valence-electron chi connectivity index (χ1n) is 4.67. The number of rotatable bonds is 2. The van der Waals surface area contributed by atoms with Crippen molar-refractivity contribution in [3.8, 4) is 0 Å². The largest absolute Gasteiger partial charge is 0.358 e. The van der Waals surface area contributed by atoms with E-state index in [2.05, 4.69) is 5.32 Å². The van der Waals surface area contributed by atoms with E-state index < -0.39 is 5.41 Å². The smallest absolute Gasteiger partial charge is 0.230 e.